The highest BCUT2D eigenvalue weighted by Gasteiger charge is 2.20. The number of nitrogens with one attached hydrogen (secondary N) is 2. The Labute approximate surface area is 195 Å². The van der Waals surface area contributed by atoms with E-state index >= 15 is 0 Å². The summed E-state index contributed by atoms with van der Waals surface area (Å²) in [6.07, 6.45) is 4.53. The van der Waals surface area contributed by atoms with Crippen LogP contribution in [0, 0.1) is 11.7 Å². The van der Waals surface area contributed by atoms with Crippen molar-refractivity contribution in [3.05, 3.63) is 65.1 Å². The minimum absolute atomic E-state index is 0.0110. The molecular formula is C25H27FN4O4. The van der Waals surface area contributed by atoms with Crippen molar-refractivity contribution < 1.29 is 23.9 Å². The number of rotatable bonds is 7. The number of carbonyl (C=O) groups is 3. The third-order valence-corrected chi connectivity index (χ3v) is 6.33. The number of amides is 3. The molecule has 1 aliphatic carbocycles. The second-order valence-electron chi connectivity index (χ2n) is 8.70. The van der Waals surface area contributed by atoms with Crippen molar-refractivity contribution in [1.29, 1.82) is 0 Å². The number of nitrogens with zero attached hydrogens (tertiary/aromatic N) is 1. The second kappa shape index (κ2) is 9.94. The van der Waals surface area contributed by atoms with Gasteiger partial charge < -0.3 is 20.7 Å². The van der Waals surface area contributed by atoms with E-state index in [1.54, 1.807) is 28.8 Å². The molecule has 3 aromatic rings. The summed E-state index contributed by atoms with van der Waals surface area (Å²) < 4.78 is 16.4. The molecule has 1 aromatic heterocycles. The van der Waals surface area contributed by atoms with E-state index in [0.717, 1.165) is 18.9 Å². The molecule has 0 radical (unpaired) electrons. The quantitative estimate of drug-likeness (QED) is 0.413. The van der Waals surface area contributed by atoms with Crippen LogP contribution >= 0.6 is 0 Å². The topological polar surface area (TPSA) is 126 Å². The van der Waals surface area contributed by atoms with Gasteiger partial charge in [0.05, 0.1) is 12.1 Å². The molecule has 1 aliphatic rings. The number of aromatic nitrogens is 1. The number of hydrogen-bond acceptors (Lipinski definition) is 3. The number of carbonyl (C=O) groups excluding carboxylic acids is 2. The summed E-state index contributed by atoms with van der Waals surface area (Å²) in [5.74, 6) is -1.18. The lowest BCUT2D eigenvalue weighted by atomic mass is 9.89. The van der Waals surface area contributed by atoms with E-state index in [9.17, 15) is 18.8 Å². The van der Waals surface area contributed by atoms with Gasteiger partial charge in [-0.2, -0.15) is 0 Å². The molecule has 3 amide bonds. The molecule has 0 aliphatic heterocycles. The highest BCUT2D eigenvalue weighted by atomic mass is 19.1. The standard InChI is InChI=1S/C25H27FN4O4/c26-20-10-17(23(27)31)6-7-18(20)14-30-21-12-19(29-25(33)34)9-8-16(21)11-22(30)24(32)28-13-15-4-2-1-3-5-15/h6-12,15,29H,1-5,13-14H2,(H2,27,31)(H,28,32)(H,33,34). The third kappa shape index (κ3) is 5.19. The number of fused-ring (bicyclic) bond motifs is 1. The lowest BCUT2D eigenvalue weighted by Gasteiger charge is -2.22. The summed E-state index contributed by atoms with van der Waals surface area (Å²) in [6.45, 7) is 0.588. The van der Waals surface area contributed by atoms with Crippen LogP contribution in [0.4, 0.5) is 14.9 Å². The molecule has 9 heteroatoms. The summed E-state index contributed by atoms with van der Waals surface area (Å²) in [7, 11) is 0. The highest BCUT2D eigenvalue weighted by molar-refractivity contribution is 6.00. The maximum atomic E-state index is 14.8. The fourth-order valence-corrected chi connectivity index (χ4v) is 4.53. The molecule has 0 atom stereocenters. The molecule has 0 unspecified atom stereocenters. The minimum Gasteiger partial charge on any atom is -0.465 e. The average molecular weight is 467 g/mol. The molecule has 1 fully saturated rings. The van der Waals surface area contributed by atoms with Gasteiger partial charge in [0.25, 0.3) is 5.91 Å². The number of nitrogens with two attached hydrogens (primary N) is 1. The number of halogens is 1. The Bertz CT molecular complexity index is 1250. The molecule has 0 saturated heterocycles. The normalized spacial score (nSPS) is 14.1. The van der Waals surface area contributed by atoms with Crippen LogP contribution in [0.1, 0.15) is 58.5 Å². The van der Waals surface area contributed by atoms with Crippen molar-refractivity contribution >= 4 is 34.5 Å². The highest BCUT2D eigenvalue weighted by Crippen LogP contribution is 2.27. The van der Waals surface area contributed by atoms with Gasteiger partial charge in [-0.3, -0.25) is 14.9 Å². The SMILES string of the molecule is NC(=O)c1ccc(Cn2c(C(=O)NCC3CCCCC3)cc3ccc(NC(=O)O)cc32)c(F)c1. The first kappa shape index (κ1) is 23.3. The van der Waals surface area contributed by atoms with Crippen LogP contribution in [-0.2, 0) is 6.54 Å². The molecule has 2 aromatic carbocycles. The lowest BCUT2D eigenvalue weighted by Crippen LogP contribution is -2.31. The molecule has 5 N–H and O–H groups in total. The average Bonchev–Trinajstić information content (AvgIpc) is 3.16. The predicted molar refractivity (Wildman–Crippen MR) is 127 cm³/mol. The van der Waals surface area contributed by atoms with Crippen LogP contribution in [-0.4, -0.2) is 34.1 Å². The van der Waals surface area contributed by atoms with Crippen molar-refractivity contribution in [3.63, 3.8) is 0 Å². The molecule has 0 bridgehead atoms. The van der Waals surface area contributed by atoms with Gasteiger partial charge in [0.2, 0.25) is 5.91 Å². The number of hydrogen-bond donors (Lipinski definition) is 4. The Morgan fingerprint density at radius 3 is 2.50 bits per heavy atom. The molecule has 1 saturated carbocycles. The molecule has 178 valence electrons. The first-order chi connectivity index (χ1) is 16.3. The maximum Gasteiger partial charge on any atom is 0.409 e. The van der Waals surface area contributed by atoms with Crippen LogP contribution in [0.15, 0.2) is 42.5 Å². The number of carboxylic acid groups (broad SMARTS) is 1. The van der Waals surface area contributed by atoms with Crippen molar-refractivity contribution in [3.8, 4) is 0 Å². The zero-order chi connectivity index (χ0) is 24.2. The molecule has 34 heavy (non-hydrogen) atoms. The number of primary amides is 1. The van der Waals surface area contributed by atoms with Crippen LogP contribution in [0.3, 0.4) is 0 Å². The van der Waals surface area contributed by atoms with Crippen molar-refractivity contribution in [2.75, 3.05) is 11.9 Å². The van der Waals surface area contributed by atoms with Gasteiger partial charge >= 0.3 is 6.09 Å². The van der Waals surface area contributed by atoms with E-state index in [4.69, 9.17) is 10.8 Å². The smallest absolute Gasteiger partial charge is 0.409 e. The van der Waals surface area contributed by atoms with Crippen molar-refractivity contribution in [2.24, 2.45) is 11.7 Å². The fourth-order valence-electron chi connectivity index (χ4n) is 4.53. The summed E-state index contributed by atoms with van der Waals surface area (Å²) in [5, 5.41) is 15.1. The van der Waals surface area contributed by atoms with Crippen LogP contribution < -0.4 is 16.4 Å². The zero-order valence-electron chi connectivity index (χ0n) is 18.6. The first-order valence-electron chi connectivity index (χ1n) is 11.3. The third-order valence-electron chi connectivity index (χ3n) is 6.33. The van der Waals surface area contributed by atoms with Gasteiger partial charge in [0, 0.05) is 28.7 Å². The number of anilines is 1. The van der Waals surface area contributed by atoms with E-state index in [-0.39, 0.29) is 23.6 Å². The Morgan fingerprint density at radius 2 is 1.82 bits per heavy atom. The maximum absolute atomic E-state index is 14.8. The van der Waals surface area contributed by atoms with E-state index < -0.39 is 17.8 Å². The molecule has 4 rings (SSSR count). The Hall–Kier alpha value is -3.88. The van der Waals surface area contributed by atoms with E-state index in [1.807, 2.05) is 0 Å². The van der Waals surface area contributed by atoms with Gasteiger partial charge in [-0.05, 0) is 49.1 Å². The zero-order valence-corrected chi connectivity index (χ0v) is 18.6. The molecular weight excluding hydrogens is 439 g/mol. The summed E-state index contributed by atoms with van der Waals surface area (Å²) in [5.41, 5.74) is 6.81. The summed E-state index contributed by atoms with van der Waals surface area (Å²) >= 11 is 0. The fraction of sp³-hybridized carbons (Fsp3) is 0.320. The van der Waals surface area contributed by atoms with Crippen LogP contribution in [0.2, 0.25) is 0 Å². The minimum atomic E-state index is -1.21. The van der Waals surface area contributed by atoms with Crippen molar-refractivity contribution in [2.45, 2.75) is 38.6 Å². The largest absolute Gasteiger partial charge is 0.465 e. The van der Waals surface area contributed by atoms with Crippen LogP contribution in [0.25, 0.3) is 10.9 Å². The Morgan fingerprint density at radius 1 is 1.06 bits per heavy atom. The van der Waals surface area contributed by atoms with Gasteiger partial charge in [-0.1, -0.05) is 31.4 Å². The molecule has 1 heterocycles. The van der Waals surface area contributed by atoms with E-state index in [2.05, 4.69) is 10.6 Å². The molecule has 8 nitrogen and oxygen atoms in total. The lowest BCUT2D eigenvalue weighted by molar-refractivity contribution is 0.0934. The second-order valence-corrected chi connectivity index (χ2v) is 8.70. The number of benzene rings is 2. The van der Waals surface area contributed by atoms with Gasteiger partial charge in [0.15, 0.2) is 0 Å². The monoisotopic (exact) mass is 466 g/mol. The van der Waals surface area contributed by atoms with Gasteiger partial charge in [-0.15, -0.1) is 0 Å². The van der Waals surface area contributed by atoms with Gasteiger partial charge in [0.1, 0.15) is 11.5 Å². The molecule has 0 spiro atoms. The summed E-state index contributed by atoms with van der Waals surface area (Å²) in [6, 6.07) is 10.6. The van der Waals surface area contributed by atoms with Crippen LogP contribution in [0.5, 0.6) is 0 Å². The van der Waals surface area contributed by atoms with E-state index in [0.29, 0.717) is 34.7 Å². The predicted octanol–water partition coefficient (Wildman–Crippen LogP) is 4.33. The Kier molecular flexibility index (Phi) is 6.81. The van der Waals surface area contributed by atoms with Gasteiger partial charge in [-0.25, -0.2) is 9.18 Å². The van der Waals surface area contributed by atoms with Crippen molar-refractivity contribution in [1.82, 2.24) is 9.88 Å². The first-order valence-corrected chi connectivity index (χ1v) is 11.3. The Balaban J connectivity index is 1.69. The summed E-state index contributed by atoms with van der Waals surface area (Å²) in [4.78, 5) is 35.6. The van der Waals surface area contributed by atoms with E-state index in [1.165, 1.54) is 31.4 Å².